The van der Waals surface area contributed by atoms with Crippen LogP contribution in [0.2, 0.25) is 0 Å². The minimum Gasteiger partial charge on any atom is -0.315 e. The first-order valence-electron chi connectivity index (χ1n) is 6.23. The lowest BCUT2D eigenvalue weighted by Gasteiger charge is -2.19. The van der Waals surface area contributed by atoms with Gasteiger partial charge in [0.05, 0.1) is 10.6 Å². The Morgan fingerprint density at radius 3 is 2.70 bits per heavy atom. The van der Waals surface area contributed by atoms with E-state index in [2.05, 4.69) is 5.32 Å². The van der Waals surface area contributed by atoms with Crippen molar-refractivity contribution < 1.29 is 8.42 Å². The van der Waals surface area contributed by atoms with Crippen molar-refractivity contribution in [1.29, 1.82) is 0 Å². The number of nitrogens with zero attached hydrogens (tertiary/aromatic N) is 1. The first kappa shape index (κ1) is 15.0. The number of aryl methyl sites for hydroxylation is 1. The van der Waals surface area contributed by atoms with Crippen LogP contribution in [0, 0.1) is 6.92 Å². The van der Waals surface area contributed by atoms with Gasteiger partial charge >= 0.3 is 0 Å². The van der Waals surface area contributed by atoms with E-state index in [0.29, 0.717) is 17.1 Å². The molecule has 0 amide bonds. The Balaban J connectivity index is 2.33. The van der Waals surface area contributed by atoms with Crippen LogP contribution in [0.3, 0.4) is 0 Å². The molecule has 20 heavy (non-hydrogen) atoms. The van der Waals surface area contributed by atoms with E-state index in [1.807, 2.05) is 32.2 Å². The second-order valence-corrected chi connectivity index (χ2v) is 7.56. The summed E-state index contributed by atoms with van der Waals surface area (Å²) in [6.07, 6.45) is 0. The van der Waals surface area contributed by atoms with Crippen LogP contribution >= 0.6 is 11.3 Å². The number of nitrogens with one attached hydrogen (secondary N) is 1. The fourth-order valence-electron chi connectivity index (χ4n) is 1.88. The summed E-state index contributed by atoms with van der Waals surface area (Å²) in [5.74, 6) is 0. The van der Waals surface area contributed by atoms with Crippen molar-refractivity contribution in [3.63, 3.8) is 0 Å². The second kappa shape index (κ2) is 5.95. The zero-order valence-corrected chi connectivity index (χ0v) is 13.4. The molecule has 2 rings (SSSR count). The highest BCUT2D eigenvalue weighted by atomic mass is 32.2. The predicted molar refractivity (Wildman–Crippen MR) is 83.9 cm³/mol. The van der Waals surface area contributed by atoms with Gasteiger partial charge in [0, 0.05) is 23.8 Å². The van der Waals surface area contributed by atoms with E-state index in [1.165, 1.54) is 15.6 Å². The van der Waals surface area contributed by atoms with Gasteiger partial charge in [0.1, 0.15) is 0 Å². The van der Waals surface area contributed by atoms with E-state index in [-0.39, 0.29) is 0 Å². The molecule has 0 saturated heterocycles. The molecule has 0 spiro atoms. The highest BCUT2D eigenvalue weighted by Gasteiger charge is 2.22. The molecule has 0 radical (unpaired) electrons. The predicted octanol–water partition coefficient (Wildman–Crippen LogP) is 2.60. The van der Waals surface area contributed by atoms with E-state index in [0.717, 1.165) is 10.4 Å². The lowest BCUT2D eigenvalue weighted by Crippen LogP contribution is -2.26. The van der Waals surface area contributed by atoms with E-state index in [1.54, 1.807) is 24.6 Å². The standard InChI is InChI=1S/C14H18N2O2S2/c1-11-5-4-6-12(7-11)16(3)20(17,18)14-8-13(9-15-2)19-10-14/h4-8,10,15H,9H2,1-3H3. The topological polar surface area (TPSA) is 49.4 Å². The molecule has 0 bridgehead atoms. The fraction of sp³-hybridized carbons (Fsp3) is 0.286. The zero-order chi connectivity index (χ0) is 14.8. The number of benzene rings is 1. The van der Waals surface area contributed by atoms with E-state index in [4.69, 9.17) is 0 Å². The maximum atomic E-state index is 12.6. The molecule has 1 N–H and O–H groups in total. The van der Waals surface area contributed by atoms with Crippen LogP contribution in [0.1, 0.15) is 10.4 Å². The molecule has 0 unspecified atom stereocenters. The summed E-state index contributed by atoms with van der Waals surface area (Å²) in [5.41, 5.74) is 1.71. The van der Waals surface area contributed by atoms with Crippen molar-refractivity contribution >= 4 is 27.0 Å². The second-order valence-electron chi connectivity index (χ2n) is 4.59. The van der Waals surface area contributed by atoms with Gasteiger partial charge in [-0.2, -0.15) is 0 Å². The van der Waals surface area contributed by atoms with Gasteiger partial charge in [-0.25, -0.2) is 8.42 Å². The van der Waals surface area contributed by atoms with Crippen molar-refractivity contribution in [3.05, 3.63) is 46.2 Å². The maximum absolute atomic E-state index is 12.6. The number of hydrogen-bond donors (Lipinski definition) is 1. The molecule has 108 valence electrons. The Morgan fingerprint density at radius 1 is 1.30 bits per heavy atom. The molecular weight excluding hydrogens is 292 g/mol. The largest absolute Gasteiger partial charge is 0.315 e. The van der Waals surface area contributed by atoms with Crippen LogP contribution in [0.4, 0.5) is 5.69 Å². The first-order chi connectivity index (χ1) is 9.45. The smallest absolute Gasteiger partial charge is 0.264 e. The van der Waals surface area contributed by atoms with Gasteiger partial charge in [-0.15, -0.1) is 11.3 Å². The minimum atomic E-state index is -3.49. The number of thiophene rings is 1. The molecule has 0 aliphatic heterocycles. The quantitative estimate of drug-likeness (QED) is 0.923. The van der Waals surface area contributed by atoms with Crippen molar-refractivity contribution in [1.82, 2.24) is 5.32 Å². The number of rotatable bonds is 5. The van der Waals surface area contributed by atoms with Crippen LogP contribution in [-0.2, 0) is 16.6 Å². The summed E-state index contributed by atoms with van der Waals surface area (Å²) < 4.78 is 26.5. The van der Waals surface area contributed by atoms with E-state index >= 15 is 0 Å². The van der Waals surface area contributed by atoms with Gasteiger partial charge in [0.25, 0.3) is 10.0 Å². The third-order valence-corrected chi connectivity index (χ3v) is 5.85. The Bertz CT molecular complexity index is 693. The highest BCUT2D eigenvalue weighted by molar-refractivity contribution is 7.93. The van der Waals surface area contributed by atoms with Crippen LogP contribution in [-0.4, -0.2) is 22.5 Å². The fourth-order valence-corrected chi connectivity index (χ4v) is 4.35. The summed E-state index contributed by atoms with van der Waals surface area (Å²) in [4.78, 5) is 1.35. The number of anilines is 1. The average molecular weight is 310 g/mol. The van der Waals surface area contributed by atoms with Crippen LogP contribution in [0.25, 0.3) is 0 Å². The van der Waals surface area contributed by atoms with Gasteiger partial charge in [-0.1, -0.05) is 12.1 Å². The molecule has 0 aliphatic rings. The minimum absolute atomic E-state index is 0.344. The summed E-state index contributed by atoms with van der Waals surface area (Å²) in [7, 11) is -0.0674. The molecular formula is C14H18N2O2S2. The summed E-state index contributed by atoms with van der Waals surface area (Å²) in [5, 5.41) is 4.71. The van der Waals surface area contributed by atoms with Crippen molar-refractivity contribution in [3.8, 4) is 0 Å². The van der Waals surface area contributed by atoms with Gasteiger partial charge in [0.2, 0.25) is 0 Å². The molecule has 4 nitrogen and oxygen atoms in total. The van der Waals surface area contributed by atoms with Gasteiger partial charge in [-0.05, 0) is 37.7 Å². The van der Waals surface area contributed by atoms with Crippen molar-refractivity contribution in [2.75, 3.05) is 18.4 Å². The lowest BCUT2D eigenvalue weighted by atomic mass is 10.2. The van der Waals surface area contributed by atoms with Crippen LogP contribution in [0.5, 0.6) is 0 Å². The normalized spacial score (nSPS) is 11.6. The third-order valence-electron chi connectivity index (χ3n) is 3.00. The molecule has 0 fully saturated rings. The molecule has 6 heteroatoms. The zero-order valence-electron chi connectivity index (χ0n) is 11.8. The SMILES string of the molecule is CNCc1cc(S(=O)(=O)N(C)c2cccc(C)c2)cs1. The van der Waals surface area contributed by atoms with E-state index in [9.17, 15) is 8.42 Å². The maximum Gasteiger partial charge on any atom is 0.264 e. The number of hydrogen-bond acceptors (Lipinski definition) is 4. The van der Waals surface area contributed by atoms with Crippen LogP contribution < -0.4 is 9.62 Å². The number of sulfonamides is 1. The summed E-state index contributed by atoms with van der Waals surface area (Å²) in [6.45, 7) is 2.62. The van der Waals surface area contributed by atoms with Crippen molar-refractivity contribution in [2.24, 2.45) is 0 Å². The molecule has 0 atom stereocenters. The molecule has 1 aromatic heterocycles. The lowest BCUT2D eigenvalue weighted by molar-refractivity contribution is 0.594. The molecule has 1 aromatic carbocycles. The highest BCUT2D eigenvalue weighted by Crippen LogP contribution is 2.26. The molecule has 2 aromatic rings. The van der Waals surface area contributed by atoms with Gasteiger partial charge in [-0.3, -0.25) is 4.31 Å². The van der Waals surface area contributed by atoms with Gasteiger partial charge in [0.15, 0.2) is 0 Å². The Kier molecular flexibility index (Phi) is 4.47. The Hall–Kier alpha value is -1.37. The Morgan fingerprint density at radius 2 is 2.05 bits per heavy atom. The summed E-state index contributed by atoms with van der Waals surface area (Å²) >= 11 is 1.45. The summed E-state index contributed by atoms with van der Waals surface area (Å²) in [6, 6.07) is 9.18. The Labute approximate surface area is 124 Å². The third kappa shape index (κ3) is 3.03. The monoisotopic (exact) mass is 310 g/mol. The van der Waals surface area contributed by atoms with Gasteiger partial charge < -0.3 is 5.32 Å². The van der Waals surface area contributed by atoms with E-state index < -0.39 is 10.0 Å². The first-order valence-corrected chi connectivity index (χ1v) is 8.54. The molecule has 0 aliphatic carbocycles. The van der Waals surface area contributed by atoms with Crippen molar-refractivity contribution in [2.45, 2.75) is 18.4 Å². The molecule has 1 heterocycles. The average Bonchev–Trinajstić information content (AvgIpc) is 2.87. The van der Waals surface area contributed by atoms with Crippen LogP contribution in [0.15, 0.2) is 40.6 Å². The molecule has 0 saturated carbocycles.